The van der Waals surface area contributed by atoms with Gasteiger partial charge in [-0.3, -0.25) is 15.1 Å². The highest BCUT2D eigenvalue weighted by Gasteiger charge is 2.18. The fourth-order valence-electron chi connectivity index (χ4n) is 0.965. The number of rotatable bonds is 1. The van der Waals surface area contributed by atoms with Gasteiger partial charge in [-0.15, -0.1) is 0 Å². The quantitative estimate of drug-likeness (QED) is 0.476. The van der Waals surface area contributed by atoms with E-state index in [2.05, 4.69) is 4.98 Å². The lowest BCUT2D eigenvalue weighted by Crippen LogP contribution is -1.99. The predicted octanol–water partition coefficient (Wildman–Crippen LogP) is 1.75. The molecule has 0 aromatic carbocycles. The van der Waals surface area contributed by atoms with Crippen LogP contribution in [0.3, 0.4) is 0 Å². The van der Waals surface area contributed by atoms with Crippen molar-refractivity contribution in [3.8, 4) is 0 Å². The smallest absolute Gasteiger partial charge is 0.258 e. The van der Waals surface area contributed by atoms with Gasteiger partial charge in [0.05, 0.1) is 16.7 Å². The maximum atomic E-state index is 12.8. The van der Waals surface area contributed by atoms with Gasteiger partial charge in [0.15, 0.2) is 5.82 Å². The highest BCUT2D eigenvalue weighted by molar-refractivity contribution is 5.42. The Labute approximate surface area is 68.2 Å². The average Bonchev–Trinajstić information content (AvgIpc) is 1.97. The molecule has 1 aromatic rings. The molecule has 0 saturated heterocycles. The minimum atomic E-state index is -0.646. The van der Waals surface area contributed by atoms with E-state index in [1.54, 1.807) is 0 Å². The maximum Gasteiger partial charge on any atom is 0.296 e. The molecule has 0 saturated carbocycles. The Kier molecular flexibility index (Phi) is 2.03. The number of nitrogens with zero attached hydrogens (tertiary/aromatic N) is 2. The predicted molar refractivity (Wildman–Crippen MR) is 40.3 cm³/mol. The molecular weight excluding hydrogens is 163 g/mol. The van der Waals surface area contributed by atoms with E-state index in [9.17, 15) is 14.5 Å². The SMILES string of the molecule is Cc1ncc(F)c(C)c1[N+](=O)[O-]. The van der Waals surface area contributed by atoms with Crippen LogP contribution in [0.2, 0.25) is 0 Å². The Bertz CT molecular complexity index is 338. The second-order valence-corrected chi connectivity index (χ2v) is 2.42. The first kappa shape index (κ1) is 8.58. The van der Waals surface area contributed by atoms with Gasteiger partial charge in [-0.25, -0.2) is 4.39 Å². The van der Waals surface area contributed by atoms with E-state index < -0.39 is 10.7 Å². The summed E-state index contributed by atoms with van der Waals surface area (Å²) in [6.07, 6.45) is 0.984. The highest BCUT2D eigenvalue weighted by atomic mass is 19.1. The number of halogens is 1. The first-order valence-corrected chi connectivity index (χ1v) is 3.30. The summed E-state index contributed by atoms with van der Waals surface area (Å²) in [6.45, 7) is 2.84. The number of aromatic nitrogens is 1. The molecule has 0 bridgehead atoms. The molecule has 5 heteroatoms. The number of hydrogen-bond acceptors (Lipinski definition) is 3. The van der Waals surface area contributed by atoms with E-state index in [0.29, 0.717) is 0 Å². The monoisotopic (exact) mass is 170 g/mol. The third kappa shape index (κ3) is 1.25. The van der Waals surface area contributed by atoms with Crippen molar-refractivity contribution in [2.75, 3.05) is 0 Å². The summed E-state index contributed by atoms with van der Waals surface area (Å²) in [5.41, 5.74) is 0.0291. The second-order valence-electron chi connectivity index (χ2n) is 2.42. The minimum absolute atomic E-state index is 0.0347. The summed E-state index contributed by atoms with van der Waals surface area (Å²) in [5, 5.41) is 10.4. The zero-order chi connectivity index (χ0) is 9.30. The van der Waals surface area contributed by atoms with Gasteiger partial charge in [0.25, 0.3) is 5.69 Å². The van der Waals surface area contributed by atoms with Gasteiger partial charge >= 0.3 is 0 Å². The molecule has 0 aliphatic carbocycles. The van der Waals surface area contributed by atoms with Crippen LogP contribution in [-0.4, -0.2) is 9.91 Å². The summed E-state index contributed by atoms with van der Waals surface area (Å²) in [4.78, 5) is 13.3. The van der Waals surface area contributed by atoms with Crippen molar-refractivity contribution < 1.29 is 9.31 Å². The van der Waals surface area contributed by atoms with Crippen LogP contribution >= 0.6 is 0 Å². The lowest BCUT2D eigenvalue weighted by molar-refractivity contribution is -0.386. The number of pyridine rings is 1. The van der Waals surface area contributed by atoms with Crippen LogP contribution in [0.15, 0.2) is 6.20 Å². The van der Waals surface area contributed by atoms with Gasteiger partial charge in [0.1, 0.15) is 5.69 Å². The van der Waals surface area contributed by atoms with Crippen LogP contribution in [0.4, 0.5) is 10.1 Å². The van der Waals surface area contributed by atoms with E-state index in [1.807, 2.05) is 0 Å². The van der Waals surface area contributed by atoms with Crippen molar-refractivity contribution in [1.82, 2.24) is 4.98 Å². The third-order valence-corrected chi connectivity index (χ3v) is 1.61. The van der Waals surface area contributed by atoms with E-state index in [4.69, 9.17) is 0 Å². The number of aryl methyl sites for hydroxylation is 1. The summed E-state index contributed by atoms with van der Waals surface area (Å²) in [7, 11) is 0. The third-order valence-electron chi connectivity index (χ3n) is 1.61. The molecule has 0 aliphatic heterocycles. The van der Waals surface area contributed by atoms with Gasteiger partial charge in [-0.05, 0) is 13.8 Å². The van der Waals surface area contributed by atoms with Gasteiger partial charge < -0.3 is 0 Å². The first-order chi connectivity index (χ1) is 5.54. The summed E-state index contributed by atoms with van der Waals surface area (Å²) < 4.78 is 12.8. The molecule has 0 N–H and O–H groups in total. The van der Waals surface area contributed by atoms with E-state index in [1.165, 1.54) is 13.8 Å². The normalized spacial score (nSPS) is 9.92. The fourth-order valence-corrected chi connectivity index (χ4v) is 0.965. The van der Waals surface area contributed by atoms with Gasteiger partial charge in [-0.2, -0.15) is 0 Å². The minimum Gasteiger partial charge on any atom is -0.258 e. The van der Waals surface area contributed by atoms with E-state index >= 15 is 0 Å². The summed E-state index contributed by atoms with van der Waals surface area (Å²) in [5.74, 6) is -0.646. The van der Waals surface area contributed by atoms with Crippen LogP contribution in [0.1, 0.15) is 11.3 Å². The Hall–Kier alpha value is -1.52. The van der Waals surface area contributed by atoms with Crippen molar-refractivity contribution in [3.63, 3.8) is 0 Å². The van der Waals surface area contributed by atoms with E-state index in [0.717, 1.165) is 6.20 Å². The first-order valence-electron chi connectivity index (χ1n) is 3.30. The topological polar surface area (TPSA) is 56.0 Å². The molecule has 1 heterocycles. The van der Waals surface area contributed by atoms with Crippen molar-refractivity contribution in [1.29, 1.82) is 0 Å². The van der Waals surface area contributed by atoms with Crippen molar-refractivity contribution in [2.24, 2.45) is 0 Å². The summed E-state index contributed by atoms with van der Waals surface area (Å²) in [6, 6.07) is 0. The Morgan fingerprint density at radius 1 is 1.58 bits per heavy atom. The van der Waals surface area contributed by atoms with Gasteiger partial charge in [-0.1, -0.05) is 0 Å². The largest absolute Gasteiger partial charge is 0.296 e. The lowest BCUT2D eigenvalue weighted by atomic mass is 10.2. The van der Waals surface area contributed by atoms with Gasteiger partial charge in [0.2, 0.25) is 0 Å². The van der Waals surface area contributed by atoms with Crippen molar-refractivity contribution >= 4 is 5.69 Å². The Morgan fingerprint density at radius 2 is 2.17 bits per heavy atom. The molecular formula is C7H7FN2O2. The molecule has 0 amide bonds. The standard InChI is InChI=1S/C7H7FN2O2/c1-4-6(8)3-9-5(2)7(4)10(11)12/h3H,1-2H3. The molecule has 0 atom stereocenters. The second kappa shape index (κ2) is 2.84. The summed E-state index contributed by atoms with van der Waals surface area (Å²) >= 11 is 0. The molecule has 0 spiro atoms. The molecule has 0 radical (unpaired) electrons. The van der Waals surface area contributed by atoms with Crippen LogP contribution in [0.5, 0.6) is 0 Å². The van der Waals surface area contributed by atoms with Crippen LogP contribution in [-0.2, 0) is 0 Å². The molecule has 1 aromatic heterocycles. The number of hydrogen-bond donors (Lipinski definition) is 0. The average molecular weight is 170 g/mol. The molecule has 0 aliphatic rings. The zero-order valence-corrected chi connectivity index (χ0v) is 6.67. The molecule has 0 fully saturated rings. The fraction of sp³-hybridized carbons (Fsp3) is 0.286. The van der Waals surface area contributed by atoms with Crippen molar-refractivity contribution in [2.45, 2.75) is 13.8 Å². The molecule has 64 valence electrons. The molecule has 0 unspecified atom stereocenters. The number of nitro groups is 1. The lowest BCUT2D eigenvalue weighted by Gasteiger charge is -1.99. The molecule has 4 nitrogen and oxygen atoms in total. The van der Waals surface area contributed by atoms with Gasteiger partial charge in [0, 0.05) is 0 Å². The maximum absolute atomic E-state index is 12.8. The zero-order valence-electron chi connectivity index (χ0n) is 6.67. The highest BCUT2D eigenvalue weighted by Crippen LogP contribution is 2.22. The van der Waals surface area contributed by atoms with Crippen LogP contribution < -0.4 is 0 Å². The van der Waals surface area contributed by atoms with Crippen LogP contribution in [0, 0.1) is 29.8 Å². The Morgan fingerprint density at radius 3 is 2.58 bits per heavy atom. The molecule has 1 rings (SSSR count). The molecule has 12 heavy (non-hydrogen) atoms. The van der Waals surface area contributed by atoms with Crippen molar-refractivity contribution in [3.05, 3.63) is 33.4 Å². The van der Waals surface area contributed by atoms with Crippen LogP contribution in [0.25, 0.3) is 0 Å². The Balaban J connectivity index is 3.43. The van der Waals surface area contributed by atoms with E-state index in [-0.39, 0.29) is 16.9 Å².